The predicted octanol–water partition coefficient (Wildman–Crippen LogP) is 2.51. The second-order valence-corrected chi connectivity index (χ2v) is 3.41. The van der Waals surface area contributed by atoms with Crippen LogP contribution in [0, 0.1) is 5.82 Å². The number of nitrogens with one attached hydrogen (secondary N) is 1. The van der Waals surface area contributed by atoms with Crippen molar-refractivity contribution in [2.75, 3.05) is 12.4 Å². The Hall–Kier alpha value is -1.20. The molecule has 0 aromatic carbocycles. The highest BCUT2D eigenvalue weighted by Crippen LogP contribution is 2.26. The fourth-order valence-corrected chi connectivity index (χ4v) is 1.51. The first-order valence-corrected chi connectivity index (χ1v) is 4.74. The van der Waals surface area contributed by atoms with Crippen LogP contribution in [-0.2, 0) is 0 Å². The van der Waals surface area contributed by atoms with E-state index in [-0.39, 0.29) is 16.0 Å². The summed E-state index contributed by atoms with van der Waals surface area (Å²) in [7, 11) is 1.64. The Kier molecular flexibility index (Phi) is 2.58. The number of fused-ring (bicyclic) bond motifs is 1. The van der Waals surface area contributed by atoms with E-state index < -0.39 is 5.82 Å². The van der Waals surface area contributed by atoms with Gasteiger partial charge in [0, 0.05) is 13.2 Å². The van der Waals surface area contributed by atoms with Crippen LogP contribution in [0.25, 0.3) is 10.9 Å². The van der Waals surface area contributed by atoms with E-state index in [4.69, 9.17) is 23.2 Å². The molecule has 0 saturated carbocycles. The van der Waals surface area contributed by atoms with E-state index in [1.807, 2.05) is 0 Å². The minimum Gasteiger partial charge on any atom is -0.372 e. The average molecular weight is 247 g/mol. The Bertz CT molecular complexity index is 532. The second-order valence-electron chi connectivity index (χ2n) is 2.72. The maximum absolute atomic E-state index is 13.5. The van der Waals surface area contributed by atoms with E-state index in [9.17, 15) is 4.39 Å². The van der Waals surface area contributed by atoms with Crippen molar-refractivity contribution in [2.24, 2.45) is 0 Å². The summed E-state index contributed by atoms with van der Waals surface area (Å²) in [5, 5.41) is 2.92. The monoisotopic (exact) mass is 246 g/mol. The summed E-state index contributed by atoms with van der Waals surface area (Å²) in [6.45, 7) is 0. The van der Waals surface area contributed by atoms with Gasteiger partial charge in [-0.3, -0.25) is 0 Å². The zero-order valence-corrected chi connectivity index (χ0v) is 9.06. The van der Waals surface area contributed by atoms with Gasteiger partial charge in [-0.15, -0.1) is 0 Å². The maximum atomic E-state index is 13.5. The average Bonchev–Trinajstić information content (AvgIpc) is 2.23. The molecule has 0 fully saturated rings. The Morgan fingerprint density at radius 3 is 2.73 bits per heavy atom. The van der Waals surface area contributed by atoms with Crippen molar-refractivity contribution in [1.29, 1.82) is 0 Å². The number of nitrogens with zero attached hydrogens (tertiary/aromatic N) is 3. The van der Waals surface area contributed by atoms with Crippen molar-refractivity contribution in [3.8, 4) is 0 Å². The molecule has 0 aliphatic heterocycles. The Labute approximate surface area is 94.5 Å². The number of hydrogen-bond donors (Lipinski definition) is 1. The standard InChI is InChI=1S/C8H5Cl2FN4/c1-12-7-3-2-13-6(9)4(11)5(3)14-8(10)15-7/h2H,1H3,(H,12,14,15). The molecule has 0 bridgehead atoms. The van der Waals surface area contributed by atoms with Crippen molar-refractivity contribution in [3.63, 3.8) is 0 Å². The van der Waals surface area contributed by atoms with Crippen LogP contribution in [0.2, 0.25) is 10.4 Å². The van der Waals surface area contributed by atoms with Gasteiger partial charge in [0.05, 0.1) is 5.39 Å². The molecule has 0 aliphatic rings. The van der Waals surface area contributed by atoms with Crippen molar-refractivity contribution >= 4 is 39.9 Å². The Morgan fingerprint density at radius 2 is 2.07 bits per heavy atom. The third-order valence-corrected chi connectivity index (χ3v) is 2.28. The largest absolute Gasteiger partial charge is 0.372 e. The molecule has 2 rings (SSSR count). The number of pyridine rings is 1. The third kappa shape index (κ3) is 1.68. The SMILES string of the molecule is CNc1nc(Cl)nc2c(F)c(Cl)ncc12. The Balaban J connectivity index is 2.89. The first-order valence-electron chi connectivity index (χ1n) is 3.98. The minimum absolute atomic E-state index is 0.0481. The summed E-state index contributed by atoms with van der Waals surface area (Å²) < 4.78 is 13.5. The highest BCUT2D eigenvalue weighted by Gasteiger charge is 2.13. The van der Waals surface area contributed by atoms with Crippen LogP contribution in [0.15, 0.2) is 6.20 Å². The summed E-state index contributed by atoms with van der Waals surface area (Å²) in [5.41, 5.74) is 0.0550. The molecule has 0 atom stereocenters. The van der Waals surface area contributed by atoms with Gasteiger partial charge in [-0.1, -0.05) is 11.6 Å². The molecular weight excluding hydrogens is 242 g/mol. The number of rotatable bonds is 1. The molecule has 0 radical (unpaired) electrons. The first kappa shape index (κ1) is 10.3. The van der Waals surface area contributed by atoms with Gasteiger partial charge in [-0.2, -0.15) is 0 Å². The topological polar surface area (TPSA) is 50.7 Å². The van der Waals surface area contributed by atoms with E-state index in [1.54, 1.807) is 7.05 Å². The van der Waals surface area contributed by atoms with Gasteiger partial charge in [0.1, 0.15) is 11.3 Å². The second kappa shape index (κ2) is 3.75. The van der Waals surface area contributed by atoms with E-state index >= 15 is 0 Å². The zero-order valence-electron chi connectivity index (χ0n) is 7.55. The van der Waals surface area contributed by atoms with Crippen LogP contribution in [0.4, 0.5) is 10.2 Å². The molecule has 15 heavy (non-hydrogen) atoms. The highest BCUT2D eigenvalue weighted by molar-refractivity contribution is 6.30. The number of hydrogen-bond acceptors (Lipinski definition) is 4. The van der Waals surface area contributed by atoms with E-state index in [0.717, 1.165) is 0 Å². The van der Waals surface area contributed by atoms with Crippen molar-refractivity contribution in [2.45, 2.75) is 0 Å². The van der Waals surface area contributed by atoms with E-state index in [2.05, 4.69) is 20.3 Å². The molecular formula is C8H5Cl2FN4. The van der Waals surface area contributed by atoms with Crippen LogP contribution in [0.5, 0.6) is 0 Å². The predicted molar refractivity (Wildman–Crippen MR) is 56.9 cm³/mol. The van der Waals surface area contributed by atoms with Crippen LogP contribution < -0.4 is 5.32 Å². The van der Waals surface area contributed by atoms with Gasteiger partial charge in [0.15, 0.2) is 11.0 Å². The first-order chi connectivity index (χ1) is 7.13. The lowest BCUT2D eigenvalue weighted by Gasteiger charge is -2.05. The van der Waals surface area contributed by atoms with Crippen molar-refractivity contribution < 1.29 is 4.39 Å². The van der Waals surface area contributed by atoms with Crippen LogP contribution in [0.3, 0.4) is 0 Å². The third-order valence-electron chi connectivity index (χ3n) is 1.85. The fraction of sp³-hybridized carbons (Fsp3) is 0.125. The van der Waals surface area contributed by atoms with Crippen LogP contribution in [0.1, 0.15) is 0 Å². The summed E-state index contributed by atoms with van der Waals surface area (Å²) >= 11 is 11.2. The summed E-state index contributed by atoms with van der Waals surface area (Å²) in [4.78, 5) is 11.3. The number of anilines is 1. The lowest BCUT2D eigenvalue weighted by Crippen LogP contribution is -1.99. The lowest BCUT2D eigenvalue weighted by molar-refractivity contribution is 0.631. The van der Waals surface area contributed by atoms with E-state index in [1.165, 1.54) is 6.20 Å². The molecule has 78 valence electrons. The van der Waals surface area contributed by atoms with Crippen LogP contribution in [-0.4, -0.2) is 22.0 Å². The maximum Gasteiger partial charge on any atom is 0.225 e. The molecule has 7 heteroatoms. The molecule has 2 aromatic heterocycles. The normalized spacial score (nSPS) is 10.7. The van der Waals surface area contributed by atoms with Crippen molar-refractivity contribution in [1.82, 2.24) is 15.0 Å². The lowest BCUT2D eigenvalue weighted by atomic mass is 10.3. The summed E-state index contributed by atoms with van der Waals surface area (Å²) in [6, 6.07) is 0. The van der Waals surface area contributed by atoms with Gasteiger partial charge in [0.25, 0.3) is 0 Å². The molecule has 0 spiro atoms. The fourth-order valence-electron chi connectivity index (χ4n) is 1.20. The van der Waals surface area contributed by atoms with Gasteiger partial charge in [-0.05, 0) is 11.6 Å². The molecule has 1 N–H and O–H groups in total. The summed E-state index contributed by atoms with van der Waals surface area (Å²) in [6.07, 6.45) is 1.39. The highest BCUT2D eigenvalue weighted by atomic mass is 35.5. The molecule has 4 nitrogen and oxygen atoms in total. The molecule has 2 aromatic rings. The molecule has 0 unspecified atom stereocenters. The van der Waals surface area contributed by atoms with Gasteiger partial charge in [0.2, 0.25) is 5.28 Å². The van der Waals surface area contributed by atoms with Crippen LogP contribution >= 0.6 is 23.2 Å². The Morgan fingerprint density at radius 1 is 1.33 bits per heavy atom. The number of aromatic nitrogens is 3. The summed E-state index contributed by atoms with van der Waals surface area (Å²) in [5.74, 6) is -0.289. The van der Waals surface area contributed by atoms with Gasteiger partial charge >= 0.3 is 0 Å². The zero-order chi connectivity index (χ0) is 11.0. The smallest absolute Gasteiger partial charge is 0.225 e. The van der Waals surface area contributed by atoms with Gasteiger partial charge in [-0.25, -0.2) is 19.3 Å². The quantitative estimate of drug-likeness (QED) is 0.621. The number of halogens is 3. The minimum atomic E-state index is -0.699. The molecule has 0 aliphatic carbocycles. The molecule has 2 heterocycles. The molecule has 0 amide bonds. The van der Waals surface area contributed by atoms with Crippen molar-refractivity contribution in [3.05, 3.63) is 22.5 Å². The molecule has 0 saturated heterocycles. The van der Waals surface area contributed by atoms with Gasteiger partial charge < -0.3 is 5.32 Å². The van der Waals surface area contributed by atoms with E-state index in [0.29, 0.717) is 11.2 Å².